The van der Waals surface area contributed by atoms with E-state index in [1.54, 1.807) is 12.1 Å². The van der Waals surface area contributed by atoms with Gasteiger partial charge in [0.2, 0.25) is 0 Å². The first-order valence-corrected chi connectivity index (χ1v) is 7.03. The smallest absolute Gasteiger partial charge is 0.256 e. The van der Waals surface area contributed by atoms with Gasteiger partial charge in [0, 0.05) is 6.42 Å². The molecule has 2 aromatic rings. The molecule has 0 fully saturated rings. The van der Waals surface area contributed by atoms with Crippen LogP contribution >= 0.6 is 0 Å². The summed E-state index contributed by atoms with van der Waals surface area (Å²) in [6.45, 7) is 6.03. The number of carbonyl (C=O) groups excluding carboxylic acids is 1. The summed E-state index contributed by atoms with van der Waals surface area (Å²) in [5, 5.41) is 10.7. The van der Waals surface area contributed by atoms with E-state index in [9.17, 15) is 9.90 Å². The third kappa shape index (κ3) is 3.07. The molecule has 0 aliphatic rings. The Hall–Kier alpha value is -2.10. The van der Waals surface area contributed by atoms with Crippen LogP contribution in [0.15, 0.2) is 36.7 Å². The second-order valence-corrected chi connectivity index (χ2v) is 4.86. The minimum absolute atomic E-state index is 0.221. The third-order valence-electron chi connectivity index (χ3n) is 3.45. The van der Waals surface area contributed by atoms with Gasteiger partial charge in [-0.2, -0.15) is 0 Å². The fraction of sp³-hybridized carbons (Fsp3) is 0.375. The summed E-state index contributed by atoms with van der Waals surface area (Å²) in [4.78, 5) is 10.7. The molecule has 1 aromatic carbocycles. The Balaban J connectivity index is 2.21. The molecule has 0 amide bonds. The zero-order valence-corrected chi connectivity index (χ0v) is 12.0. The van der Waals surface area contributed by atoms with Crippen LogP contribution in [0, 0.1) is 0 Å². The molecule has 1 heterocycles. The summed E-state index contributed by atoms with van der Waals surface area (Å²) in [5.41, 5.74) is 1.31. The van der Waals surface area contributed by atoms with Crippen molar-refractivity contribution in [1.82, 2.24) is 4.57 Å². The number of aromatic nitrogens is 2. The molecule has 4 nitrogen and oxygen atoms in total. The molecular weight excluding hydrogens is 252 g/mol. The highest BCUT2D eigenvalue weighted by Gasteiger charge is 2.15. The standard InChI is InChI=1S/C16H20N2O2/c1-3-5-15-17(4-2)10-11-18(15)12-13-6-8-14(9-7-13)16(19)20/h6-11H,3-5,12H2,1-2H3. The van der Waals surface area contributed by atoms with E-state index in [4.69, 9.17) is 0 Å². The first-order valence-electron chi connectivity index (χ1n) is 7.03. The van der Waals surface area contributed by atoms with E-state index in [2.05, 4.69) is 35.4 Å². The molecule has 0 unspecified atom stereocenters. The molecule has 0 N–H and O–H groups in total. The van der Waals surface area contributed by atoms with Crippen LogP contribution in [0.3, 0.4) is 0 Å². The van der Waals surface area contributed by atoms with E-state index >= 15 is 0 Å². The van der Waals surface area contributed by atoms with Gasteiger partial charge in [-0.05, 0) is 24.5 Å². The van der Waals surface area contributed by atoms with Crippen molar-refractivity contribution >= 4 is 5.97 Å². The van der Waals surface area contributed by atoms with Gasteiger partial charge in [-0.25, -0.2) is 9.13 Å². The summed E-state index contributed by atoms with van der Waals surface area (Å²) < 4.78 is 4.47. The summed E-state index contributed by atoms with van der Waals surface area (Å²) in [5.74, 6) is 0.173. The average Bonchev–Trinajstić information content (AvgIpc) is 2.82. The Morgan fingerprint density at radius 2 is 1.95 bits per heavy atom. The number of carboxylic acid groups (broad SMARTS) is 1. The summed E-state index contributed by atoms with van der Waals surface area (Å²) in [6, 6.07) is 6.89. The number of imidazole rings is 1. The highest BCUT2D eigenvalue weighted by atomic mass is 16.4. The molecule has 2 rings (SSSR count). The maximum absolute atomic E-state index is 10.7. The van der Waals surface area contributed by atoms with E-state index in [1.165, 1.54) is 5.82 Å². The fourth-order valence-corrected chi connectivity index (χ4v) is 2.38. The van der Waals surface area contributed by atoms with Gasteiger partial charge < -0.3 is 9.90 Å². The van der Waals surface area contributed by atoms with Gasteiger partial charge in [-0.15, -0.1) is 0 Å². The van der Waals surface area contributed by atoms with Gasteiger partial charge in [0.25, 0.3) is 5.82 Å². The molecule has 0 atom stereocenters. The van der Waals surface area contributed by atoms with Crippen molar-refractivity contribution in [2.75, 3.05) is 0 Å². The number of aromatic carboxylic acids is 1. The highest BCUT2D eigenvalue weighted by Crippen LogP contribution is 2.06. The highest BCUT2D eigenvalue weighted by molar-refractivity contribution is 5.85. The minimum Gasteiger partial charge on any atom is -0.545 e. The Labute approximate surface area is 119 Å². The quantitative estimate of drug-likeness (QED) is 0.741. The van der Waals surface area contributed by atoms with Crippen molar-refractivity contribution in [3.8, 4) is 0 Å². The molecule has 0 bridgehead atoms. The van der Waals surface area contributed by atoms with Gasteiger partial charge in [0.15, 0.2) is 0 Å². The van der Waals surface area contributed by atoms with E-state index in [0.29, 0.717) is 0 Å². The lowest BCUT2D eigenvalue weighted by Gasteiger charge is -2.05. The van der Waals surface area contributed by atoms with Gasteiger partial charge in [0.1, 0.15) is 18.9 Å². The lowest BCUT2D eigenvalue weighted by molar-refractivity contribution is -0.695. The molecule has 4 heteroatoms. The van der Waals surface area contributed by atoms with E-state index < -0.39 is 5.97 Å². The van der Waals surface area contributed by atoms with Crippen LogP contribution in [0.2, 0.25) is 0 Å². The van der Waals surface area contributed by atoms with Crippen LogP contribution in [0.5, 0.6) is 0 Å². The molecule has 0 aliphatic heterocycles. The molecule has 1 aromatic heterocycles. The van der Waals surface area contributed by atoms with Gasteiger partial charge in [0.05, 0.1) is 12.5 Å². The molecular formula is C16H20N2O2. The van der Waals surface area contributed by atoms with Crippen molar-refractivity contribution in [2.45, 2.75) is 39.8 Å². The molecule has 0 radical (unpaired) electrons. The molecule has 0 saturated heterocycles. The van der Waals surface area contributed by atoms with Crippen molar-refractivity contribution < 1.29 is 14.5 Å². The van der Waals surface area contributed by atoms with Crippen molar-refractivity contribution in [3.63, 3.8) is 0 Å². The average molecular weight is 272 g/mol. The van der Waals surface area contributed by atoms with Crippen LogP contribution in [0.25, 0.3) is 0 Å². The second kappa shape index (κ2) is 6.37. The third-order valence-corrected chi connectivity index (χ3v) is 3.45. The number of nitrogens with zero attached hydrogens (tertiary/aromatic N) is 2. The molecule has 20 heavy (non-hydrogen) atoms. The van der Waals surface area contributed by atoms with Crippen molar-refractivity contribution in [3.05, 3.63) is 53.6 Å². The van der Waals surface area contributed by atoms with Gasteiger partial charge in [-0.1, -0.05) is 31.2 Å². The number of benzene rings is 1. The Morgan fingerprint density at radius 1 is 1.25 bits per heavy atom. The predicted octanol–water partition coefficient (Wildman–Crippen LogP) is 1.16. The molecule has 106 valence electrons. The number of carbonyl (C=O) groups is 1. The summed E-state index contributed by atoms with van der Waals surface area (Å²) >= 11 is 0. The first kappa shape index (κ1) is 14.3. The van der Waals surface area contributed by atoms with Crippen LogP contribution in [0.4, 0.5) is 0 Å². The SMILES string of the molecule is CCCc1n(CC)cc[n+]1Cc1ccc(C(=O)[O-])cc1. The Morgan fingerprint density at radius 3 is 2.50 bits per heavy atom. The molecule has 0 aliphatic carbocycles. The maximum atomic E-state index is 10.7. The van der Waals surface area contributed by atoms with Gasteiger partial charge >= 0.3 is 0 Å². The zero-order valence-electron chi connectivity index (χ0n) is 12.0. The zero-order chi connectivity index (χ0) is 14.5. The molecule has 0 saturated carbocycles. The number of aryl methyl sites for hydroxylation is 1. The molecule has 0 spiro atoms. The van der Waals surface area contributed by atoms with E-state index in [0.717, 1.165) is 31.5 Å². The summed E-state index contributed by atoms with van der Waals surface area (Å²) in [7, 11) is 0. The number of carboxylic acids is 1. The predicted molar refractivity (Wildman–Crippen MR) is 74.2 cm³/mol. The minimum atomic E-state index is -1.13. The van der Waals surface area contributed by atoms with Gasteiger partial charge in [-0.3, -0.25) is 0 Å². The normalized spacial score (nSPS) is 10.7. The second-order valence-electron chi connectivity index (χ2n) is 4.86. The lowest BCUT2D eigenvalue weighted by Crippen LogP contribution is -2.37. The monoisotopic (exact) mass is 272 g/mol. The summed E-state index contributed by atoms with van der Waals surface area (Å²) in [6.07, 6.45) is 6.33. The number of hydrogen-bond donors (Lipinski definition) is 0. The first-order chi connectivity index (χ1) is 9.65. The topological polar surface area (TPSA) is 48.9 Å². The van der Waals surface area contributed by atoms with Crippen molar-refractivity contribution in [2.24, 2.45) is 0 Å². The van der Waals surface area contributed by atoms with Crippen LogP contribution in [-0.4, -0.2) is 10.5 Å². The fourth-order valence-electron chi connectivity index (χ4n) is 2.38. The lowest BCUT2D eigenvalue weighted by atomic mass is 10.1. The van der Waals surface area contributed by atoms with Crippen LogP contribution < -0.4 is 9.67 Å². The Bertz CT molecular complexity index is 585. The number of rotatable bonds is 6. The van der Waals surface area contributed by atoms with E-state index in [-0.39, 0.29) is 5.56 Å². The largest absolute Gasteiger partial charge is 0.545 e. The maximum Gasteiger partial charge on any atom is 0.256 e. The van der Waals surface area contributed by atoms with Crippen LogP contribution in [0.1, 0.15) is 42.0 Å². The van der Waals surface area contributed by atoms with Crippen LogP contribution in [-0.2, 0) is 19.5 Å². The number of hydrogen-bond acceptors (Lipinski definition) is 2. The van der Waals surface area contributed by atoms with Crippen molar-refractivity contribution in [1.29, 1.82) is 0 Å². The van der Waals surface area contributed by atoms with E-state index in [1.807, 2.05) is 12.1 Å². The Kier molecular flexibility index (Phi) is 4.56.